The van der Waals surface area contributed by atoms with Gasteiger partial charge in [-0.05, 0) is 30.2 Å². The van der Waals surface area contributed by atoms with Gasteiger partial charge in [0.25, 0.3) is 0 Å². The molecule has 0 spiro atoms. The minimum absolute atomic E-state index is 0.212. The zero-order chi connectivity index (χ0) is 11.5. The van der Waals surface area contributed by atoms with Crippen LogP contribution in [0.4, 0.5) is 4.39 Å². The van der Waals surface area contributed by atoms with Crippen LogP contribution in [0.5, 0.6) is 0 Å². The van der Waals surface area contributed by atoms with Crippen molar-refractivity contribution in [3.8, 4) is 11.1 Å². The predicted molar refractivity (Wildman–Crippen MR) is 61.4 cm³/mol. The maximum absolute atomic E-state index is 13.0. The van der Waals surface area contributed by atoms with Crippen LogP contribution in [0.2, 0.25) is 0 Å². The number of rotatable bonds is 3. The van der Waals surface area contributed by atoms with Crippen molar-refractivity contribution in [1.82, 2.24) is 9.78 Å². The molecule has 0 aliphatic carbocycles. The third kappa shape index (κ3) is 2.12. The summed E-state index contributed by atoms with van der Waals surface area (Å²) in [5, 5.41) is 4.19. The van der Waals surface area contributed by atoms with Gasteiger partial charge in [-0.15, -0.1) is 0 Å². The van der Waals surface area contributed by atoms with Crippen molar-refractivity contribution in [1.29, 1.82) is 0 Å². The monoisotopic (exact) mass is 219 g/mol. The second-order valence-electron chi connectivity index (χ2n) is 3.74. The highest BCUT2D eigenvalue weighted by atomic mass is 19.1. The molecule has 84 valence electrons. The minimum atomic E-state index is -0.212. The summed E-state index contributed by atoms with van der Waals surface area (Å²) in [4.78, 5) is 0. The molecule has 0 radical (unpaired) electrons. The second kappa shape index (κ2) is 4.45. The van der Waals surface area contributed by atoms with Crippen molar-refractivity contribution < 1.29 is 4.39 Å². The number of halogens is 1. The number of aromatic nitrogens is 2. The first-order chi connectivity index (χ1) is 7.70. The first-order valence-corrected chi connectivity index (χ1v) is 5.20. The van der Waals surface area contributed by atoms with Gasteiger partial charge < -0.3 is 5.73 Å². The molecule has 0 amide bonds. The number of hydrogen-bond donors (Lipinski definition) is 1. The Morgan fingerprint density at radius 2 is 2.25 bits per heavy atom. The molecule has 0 bridgehead atoms. The summed E-state index contributed by atoms with van der Waals surface area (Å²) >= 11 is 0. The molecule has 16 heavy (non-hydrogen) atoms. The third-order valence-electron chi connectivity index (χ3n) is 2.49. The number of nitrogens with zero attached hydrogens (tertiary/aromatic N) is 2. The van der Waals surface area contributed by atoms with Crippen molar-refractivity contribution in [3.05, 3.63) is 42.0 Å². The molecule has 2 N–H and O–H groups in total. The highest BCUT2D eigenvalue weighted by Crippen LogP contribution is 2.23. The summed E-state index contributed by atoms with van der Waals surface area (Å²) in [6.07, 6.45) is 3.70. The molecule has 2 rings (SSSR count). The summed E-state index contributed by atoms with van der Waals surface area (Å²) in [6, 6.07) is 4.76. The van der Waals surface area contributed by atoms with Gasteiger partial charge >= 0.3 is 0 Å². The van der Waals surface area contributed by atoms with Gasteiger partial charge in [-0.2, -0.15) is 5.10 Å². The Bertz CT molecular complexity index is 491. The fraction of sp³-hybridized carbons (Fsp3) is 0.250. The lowest BCUT2D eigenvalue weighted by molar-refractivity contribution is 0.625. The summed E-state index contributed by atoms with van der Waals surface area (Å²) in [7, 11) is 0. The summed E-state index contributed by atoms with van der Waals surface area (Å²) in [5.41, 5.74) is 8.35. The van der Waals surface area contributed by atoms with Crippen molar-refractivity contribution in [2.75, 3.05) is 6.54 Å². The Hall–Kier alpha value is -1.68. The maximum atomic E-state index is 13.0. The van der Waals surface area contributed by atoms with Crippen LogP contribution in [0.3, 0.4) is 0 Å². The van der Waals surface area contributed by atoms with E-state index in [4.69, 9.17) is 5.73 Å². The Morgan fingerprint density at radius 1 is 1.44 bits per heavy atom. The van der Waals surface area contributed by atoms with E-state index in [2.05, 4.69) is 5.10 Å². The summed E-state index contributed by atoms with van der Waals surface area (Å²) < 4.78 is 14.7. The fourth-order valence-corrected chi connectivity index (χ4v) is 1.71. The minimum Gasteiger partial charge on any atom is -0.329 e. The first-order valence-electron chi connectivity index (χ1n) is 5.20. The average molecular weight is 219 g/mol. The third-order valence-corrected chi connectivity index (χ3v) is 2.49. The zero-order valence-electron chi connectivity index (χ0n) is 9.15. The Morgan fingerprint density at radius 3 is 2.94 bits per heavy atom. The average Bonchev–Trinajstić information content (AvgIpc) is 2.67. The van der Waals surface area contributed by atoms with Gasteiger partial charge in [-0.3, -0.25) is 4.68 Å². The molecule has 1 aromatic heterocycles. The number of hydrogen-bond acceptors (Lipinski definition) is 2. The van der Waals surface area contributed by atoms with Crippen LogP contribution in [0.15, 0.2) is 30.6 Å². The van der Waals surface area contributed by atoms with Gasteiger partial charge in [0.05, 0.1) is 12.7 Å². The molecule has 1 heterocycles. The Kier molecular flexibility index (Phi) is 3.01. The van der Waals surface area contributed by atoms with Gasteiger partial charge in [0, 0.05) is 18.3 Å². The second-order valence-corrected chi connectivity index (χ2v) is 3.74. The lowest BCUT2D eigenvalue weighted by Gasteiger charge is -2.02. The Balaban J connectivity index is 2.35. The van der Waals surface area contributed by atoms with E-state index in [1.807, 2.05) is 13.1 Å². The van der Waals surface area contributed by atoms with Crippen LogP contribution in [0.25, 0.3) is 11.1 Å². The van der Waals surface area contributed by atoms with Crippen LogP contribution < -0.4 is 5.73 Å². The molecule has 0 saturated carbocycles. The number of nitrogens with two attached hydrogens (primary N) is 1. The van der Waals surface area contributed by atoms with E-state index >= 15 is 0 Å². The molecular formula is C12H14FN3. The van der Waals surface area contributed by atoms with Crippen molar-refractivity contribution >= 4 is 0 Å². The quantitative estimate of drug-likeness (QED) is 0.857. The van der Waals surface area contributed by atoms with Gasteiger partial charge in [0.1, 0.15) is 5.82 Å². The highest BCUT2D eigenvalue weighted by molar-refractivity contribution is 5.65. The van der Waals surface area contributed by atoms with E-state index in [0.29, 0.717) is 13.1 Å². The molecule has 3 nitrogen and oxygen atoms in total. The van der Waals surface area contributed by atoms with Crippen LogP contribution in [-0.2, 0) is 6.54 Å². The number of aryl methyl sites for hydroxylation is 1. The summed E-state index contributed by atoms with van der Waals surface area (Å²) in [5.74, 6) is -0.212. The van der Waals surface area contributed by atoms with E-state index < -0.39 is 0 Å². The normalized spacial score (nSPS) is 10.7. The van der Waals surface area contributed by atoms with E-state index in [9.17, 15) is 4.39 Å². The van der Waals surface area contributed by atoms with Crippen molar-refractivity contribution in [2.24, 2.45) is 5.73 Å². The maximum Gasteiger partial charge on any atom is 0.123 e. The zero-order valence-corrected chi connectivity index (χ0v) is 9.15. The van der Waals surface area contributed by atoms with Crippen molar-refractivity contribution in [3.63, 3.8) is 0 Å². The van der Waals surface area contributed by atoms with Crippen LogP contribution in [0.1, 0.15) is 5.56 Å². The lowest BCUT2D eigenvalue weighted by Crippen LogP contribution is -2.09. The van der Waals surface area contributed by atoms with E-state index in [-0.39, 0.29) is 5.82 Å². The van der Waals surface area contributed by atoms with E-state index in [1.165, 1.54) is 12.1 Å². The van der Waals surface area contributed by atoms with Gasteiger partial charge in [0.2, 0.25) is 0 Å². The molecule has 0 saturated heterocycles. The first kappa shape index (κ1) is 10.8. The molecule has 0 atom stereocenters. The topological polar surface area (TPSA) is 43.8 Å². The number of benzene rings is 1. The SMILES string of the molecule is Cc1cc(F)ccc1-c1cnn(CCN)c1. The van der Waals surface area contributed by atoms with Crippen LogP contribution in [-0.4, -0.2) is 16.3 Å². The van der Waals surface area contributed by atoms with E-state index in [1.54, 1.807) is 16.9 Å². The van der Waals surface area contributed by atoms with Gasteiger partial charge in [-0.25, -0.2) is 4.39 Å². The smallest absolute Gasteiger partial charge is 0.123 e. The molecule has 0 aliphatic rings. The largest absolute Gasteiger partial charge is 0.329 e. The fourth-order valence-electron chi connectivity index (χ4n) is 1.71. The Labute approximate surface area is 93.7 Å². The van der Waals surface area contributed by atoms with Gasteiger partial charge in [-0.1, -0.05) is 6.07 Å². The summed E-state index contributed by atoms with van der Waals surface area (Å²) in [6.45, 7) is 3.14. The molecular weight excluding hydrogens is 205 g/mol. The van der Waals surface area contributed by atoms with Gasteiger partial charge in [0.15, 0.2) is 0 Å². The molecule has 4 heteroatoms. The van der Waals surface area contributed by atoms with Crippen molar-refractivity contribution in [2.45, 2.75) is 13.5 Å². The molecule has 0 aliphatic heterocycles. The standard InChI is InChI=1S/C12H14FN3/c1-9-6-11(13)2-3-12(9)10-7-15-16(8-10)5-4-14/h2-3,6-8H,4-5,14H2,1H3. The predicted octanol–water partition coefficient (Wildman–Crippen LogP) is 1.96. The molecule has 0 unspecified atom stereocenters. The van der Waals surface area contributed by atoms with E-state index in [0.717, 1.165) is 16.7 Å². The van der Waals surface area contributed by atoms with Crippen LogP contribution in [0, 0.1) is 12.7 Å². The molecule has 1 aromatic carbocycles. The highest BCUT2D eigenvalue weighted by Gasteiger charge is 2.05. The molecule has 2 aromatic rings. The molecule has 0 fully saturated rings. The van der Waals surface area contributed by atoms with Crippen LogP contribution >= 0.6 is 0 Å². The lowest BCUT2D eigenvalue weighted by atomic mass is 10.0.